The maximum atomic E-state index is 12.6. The number of nitrogens with zero attached hydrogens (tertiary/aromatic N) is 1. The molecule has 116 valence electrons. The van der Waals surface area contributed by atoms with E-state index in [4.69, 9.17) is 4.74 Å². The van der Waals surface area contributed by atoms with E-state index in [0.717, 1.165) is 12.5 Å². The Bertz CT molecular complexity index is 375. The quantitative estimate of drug-likeness (QED) is 0.795. The number of carbonyl (C=O) groups excluding carboxylic acids is 1. The van der Waals surface area contributed by atoms with Crippen LogP contribution in [-0.4, -0.2) is 41.5 Å². The van der Waals surface area contributed by atoms with Crippen molar-refractivity contribution in [3.63, 3.8) is 0 Å². The number of carbonyl (C=O) groups is 1. The second-order valence-corrected chi connectivity index (χ2v) is 7.90. The Hall–Kier alpha value is -0.410. The van der Waals surface area contributed by atoms with E-state index in [1.165, 1.54) is 25.7 Å². The van der Waals surface area contributed by atoms with E-state index in [1.807, 2.05) is 13.8 Å². The summed E-state index contributed by atoms with van der Waals surface area (Å²) in [5, 5.41) is 0. The van der Waals surface area contributed by atoms with Gasteiger partial charge in [0.1, 0.15) is 5.60 Å². The third-order valence-corrected chi connectivity index (χ3v) is 5.37. The molecule has 0 bridgehead atoms. The van der Waals surface area contributed by atoms with Gasteiger partial charge in [-0.3, -0.25) is 4.79 Å². The third kappa shape index (κ3) is 2.94. The van der Waals surface area contributed by atoms with Crippen LogP contribution in [0.15, 0.2) is 0 Å². The van der Waals surface area contributed by atoms with Crippen LogP contribution in [0.1, 0.15) is 60.3 Å². The van der Waals surface area contributed by atoms with Gasteiger partial charge in [0.2, 0.25) is 0 Å². The Balaban J connectivity index is 2.06. The molecule has 1 aliphatic carbocycles. The first-order valence-electron chi connectivity index (χ1n) is 8.10. The van der Waals surface area contributed by atoms with Crippen LogP contribution in [0.4, 0.5) is 0 Å². The molecule has 1 heterocycles. The van der Waals surface area contributed by atoms with E-state index < -0.39 is 5.60 Å². The molecule has 20 heavy (non-hydrogen) atoms. The molecule has 0 aromatic carbocycles. The third-order valence-electron chi connectivity index (χ3n) is 5.37. The molecule has 3 unspecified atom stereocenters. The van der Waals surface area contributed by atoms with Crippen molar-refractivity contribution in [2.45, 2.75) is 77.5 Å². The summed E-state index contributed by atoms with van der Waals surface area (Å²) in [6.07, 6.45) is 5.26. The SMILES string of the molecule is CC1CCCCC1N(C)CC1C(=O)C(C)(C)OC1(C)C. The maximum absolute atomic E-state index is 12.6. The Morgan fingerprint density at radius 1 is 1.20 bits per heavy atom. The first-order valence-corrected chi connectivity index (χ1v) is 8.10. The lowest BCUT2D eigenvalue weighted by Crippen LogP contribution is -2.46. The first kappa shape index (κ1) is 16.0. The monoisotopic (exact) mass is 281 g/mol. The summed E-state index contributed by atoms with van der Waals surface area (Å²) in [5.41, 5.74) is -0.986. The second kappa shape index (κ2) is 5.42. The Kier molecular flexibility index (Phi) is 4.32. The van der Waals surface area contributed by atoms with Crippen molar-refractivity contribution in [1.82, 2.24) is 4.90 Å². The fourth-order valence-electron chi connectivity index (χ4n) is 4.19. The topological polar surface area (TPSA) is 29.5 Å². The lowest BCUT2D eigenvalue weighted by Gasteiger charge is -2.38. The molecular weight excluding hydrogens is 250 g/mol. The zero-order chi connectivity index (χ0) is 15.1. The molecule has 0 radical (unpaired) electrons. The summed E-state index contributed by atoms with van der Waals surface area (Å²) >= 11 is 0. The van der Waals surface area contributed by atoms with E-state index in [-0.39, 0.29) is 17.3 Å². The van der Waals surface area contributed by atoms with Gasteiger partial charge in [-0.1, -0.05) is 19.8 Å². The number of hydrogen-bond acceptors (Lipinski definition) is 3. The van der Waals surface area contributed by atoms with Crippen LogP contribution in [0.3, 0.4) is 0 Å². The summed E-state index contributed by atoms with van der Waals surface area (Å²) in [5.74, 6) is 0.983. The lowest BCUT2D eigenvalue weighted by molar-refractivity contribution is -0.132. The minimum atomic E-state index is -0.632. The zero-order valence-corrected chi connectivity index (χ0v) is 14.0. The fourth-order valence-corrected chi connectivity index (χ4v) is 4.19. The fraction of sp³-hybridized carbons (Fsp3) is 0.941. The van der Waals surface area contributed by atoms with E-state index in [2.05, 4.69) is 32.7 Å². The van der Waals surface area contributed by atoms with Gasteiger partial charge in [0.25, 0.3) is 0 Å². The van der Waals surface area contributed by atoms with E-state index in [1.54, 1.807) is 0 Å². The van der Waals surface area contributed by atoms with Gasteiger partial charge in [0, 0.05) is 12.6 Å². The van der Waals surface area contributed by atoms with E-state index in [0.29, 0.717) is 6.04 Å². The van der Waals surface area contributed by atoms with Gasteiger partial charge in [-0.05, 0) is 53.5 Å². The smallest absolute Gasteiger partial charge is 0.171 e. The van der Waals surface area contributed by atoms with Gasteiger partial charge in [-0.2, -0.15) is 0 Å². The van der Waals surface area contributed by atoms with Gasteiger partial charge in [0.15, 0.2) is 5.78 Å². The van der Waals surface area contributed by atoms with Crippen LogP contribution < -0.4 is 0 Å². The molecular formula is C17H31NO2. The number of rotatable bonds is 3. The molecule has 2 rings (SSSR count). The summed E-state index contributed by atoms with van der Waals surface area (Å²) in [6.45, 7) is 11.1. The minimum Gasteiger partial charge on any atom is -0.361 e. The average Bonchev–Trinajstić information content (AvgIpc) is 2.48. The van der Waals surface area contributed by atoms with Crippen LogP contribution in [0.25, 0.3) is 0 Å². The Morgan fingerprint density at radius 3 is 2.30 bits per heavy atom. The van der Waals surface area contributed by atoms with Gasteiger partial charge < -0.3 is 9.64 Å². The standard InChI is InChI=1S/C17H31NO2/c1-12-9-7-8-10-14(12)18(6)11-13-15(19)17(4,5)20-16(13,2)3/h12-14H,7-11H2,1-6H3. The molecule has 0 N–H and O–H groups in total. The molecule has 3 heteroatoms. The molecule has 0 spiro atoms. The highest BCUT2D eigenvalue weighted by molar-refractivity contribution is 5.91. The highest BCUT2D eigenvalue weighted by Crippen LogP contribution is 2.40. The number of ketones is 1. The number of hydrogen-bond donors (Lipinski definition) is 0. The molecule has 3 atom stereocenters. The van der Waals surface area contributed by atoms with Gasteiger partial charge in [-0.25, -0.2) is 0 Å². The molecule has 1 aliphatic heterocycles. The summed E-state index contributed by atoms with van der Waals surface area (Å²) in [7, 11) is 2.18. The molecule has 1 saturated carbocycles. The van der Waals surface area contributed by atoms with Crippen molar-refractivity contribution in [2.75, 3.05) is 13.6 Å². The first-order chi connectivity index (χ1) is 9.15. The van der Waals surface area contributed by atoms with Crippen molar-refractivity contribution in [3.05, 3.63) is 0 Å². The largest absolute Gasteiger partial charge is 0.361 e. The van der Waals surface area contributed by atoms with Gasteiger partial charge in [0.05, 0.1) is 11.5 Å². The highest BCUT2D eigenvalue weighted by Gasteiger charge is 2.53. The van der Waals surface area contributed by atoms with Crippen molar-refractivity contribution in [2.24, 2.45) is 11.8 Å². The Morgan fingerprint density at radius 2 is 1.80 bits per heavy atom. The molecule has 2 fully saturated rings. The molecule has 3 nitrogen and oxygen atoms in total. The van der Waals surface area contributed by atoms with Gasteiger partial charge >= 0.3 is 0 Å². The molecule has 0 aromatic heterocycles. The van der Waals surface area contributed by atoms with Crippen LogP contribution >= 0.6 is 0 Å². The second-order valence-electron chi connectivity index (χ2n) is 7.90. The Labute approximate surface area is 124 Å². The zero-order valence-electron chi connectivity index (χ0n) is 14.0. The maximum Gasteiger partial charge on any atom is 0.171 e. The molecule has 2 aliphatic rings. The van der Waals surface area contributed by atoms with Crippen LogP contribution in [-0.2, 0) is 9.53 Å². The van der Waals surface area contributed by atoms with Crippen LogP contribution in [0.2, 0.25) is 0 Å². The summed E-state index contributed by atoms with van der Waals surface area (Å²) < 4.78 is 6.00. The van der Waals surface area contributed by atoms with Crippen LogP contribution in [0, 0.1) is 11.8 Å². The number of Topliss-reactive ketones (excluding diaryl/α,β-unsaturated/α-hetero) is 1. The molecule has 0 amide bonds. The van der Waals surface area contributed by atoms with Gasteiger partial charge in [-0.15, -0.1) is 0 Å². The number of ether oxygens (including phenoxy) is 1. The van der Waals surface area contributed by atoms with Crippen molar-refractivity contribution in [1.29, 1.82) is 0 Å². The summed E-state index contributed by atoms with van der Waals surface area (Å²) in [6, 6.07) is 0.621. The molecule has 1 saturated heterocycles. The van der Waals surface area contributed by atoms with E-state index >= 15 is 0 Å². The predicted molar refractivity (Wildman–Crippen MR) is 81.8 cm³/mol. The lowest BCUT2D eigenvalue weighted by atomic mass is 9.82. The minimum absolute atomic E-state index is 0.0170. The molecule has 0 aromatic rings. The highest BCUT2D eigenvalue weighted by atomic mass is 16.5. The van der Waals surface area contributed by atoms with Crippen LogP contribution in [0.5, 0.6) is 0 Å². The average molecular weight is 281 g/mol. The summed E-state index contributed by atoms with van der Waals surface area (Å²) in [4.78, 5) is 15.0. The van der Waals surface area contributed by atoms with Crippen molar-refractivity contribution < 1.29 is 9.53 Å². The predicted octanol–water partition coefficient (Wildman–Crippen LogP) is 3.27. The van der Waals surface area contributed by atoms with E-state index in [9.17, 15) is 4.79 Å². The normalized spacial score (nSPS) is 36.5. The van der Waals surface area contributed by atoms with Crippen molar-refractivity contribution >= 4 is 5.78 Å². The van der Waals surface area contributed by atoms with Crippen molar-refractivity contribution in [3.8, 4) is 0 Å².